The van der Waals surface area contributed by atoms with E-state index in [1.807, 2.05) is 0 Å². The molecule has 12 heteroatoms. The van der Waals surface area contributed by atoms with Gasteiger partial charge >= 0.3 is 6.18 Å². The van der Waals surface area contributed by atoms with E-state index in [0.29, 0.717) is 38.4 Å². The fourth-order valence-electron chi connectivity index (χ4n) is 5.06. The summed E-state index contributed by atoms with van der Waals surface area (Å²) in [6, 6.07) is 6.88. The van der Waals surface area contributed by atoms with E-state index in [9.17, 15) is 22.7 Å². The van der Waals surface area contributed by atoms with E-state index in [0.717, 1.165) is 17.3 Å². The van der Waals surface area contributed by atoms with Crippen molar-refractivity contribution in [2.24, 2.45) is 0 Å². The first-order valence-corrected chi connectivity index (χ1v) is 12.8. The Kier molecular flexibility index (Phi) is 7.55. The van der Waals surface area contributed by atoms with Gasteiger partial charge in [-0.05, 0) is 56.2 Å². The van der Waals surface area contributed by atoms with E-state index in [1.165, 1.54) is 37.1 Å². The van der Waals surface area contributed by atoms with Crippen LogP contribution < -0.4 is 20.9 Å². The number of benzene rings is 1. The van der Waals surface area contributed by atoms with Crippen LogP contribution >= 0.6 is 0 Å². The van der Waals surface area contributed by atoms with E-state index >= 15 is 0 Å². The molecule has 0 radical (unpaired) electrons. The minimum Gasteiger partial charge on any atom is -0.386 e. The summed E-state index contributed by atoms with van der Waals surface area (Å²) in [6.45, 7) is 5.83. The Hall–Kier alpha value is -3.19. The number of anilines is 2. The van der Waals surface area contributed by atoms with Crippen molar-refractivity contribution in [1.82, 2.24) is 20.5 Å². The monoisotopic (exact) mass is 548 g/mol. The largest absolute Gasteiger partial charge is 0.419 e. The number of rotatable bonds is 5. The second-order valence-corrected chi connectivity index (χ2v) is 10.3. The molecule has 210 valence electrons. The average Bonchev–Trinajstić information content (AvgIpc) is 3.11. The fraction of sp³-hybridized carbons (Fsp3) is 0.444. The molecule has 0 saturated carbocycles. The molecule has 3 aliphatic rings. The van der Waals surface area contributed by atoms with Crippen molar-refractivity contribution in [2.45, 2.75) is 44.5 Å². The maximum absolute atomic E-state index is 14.9. The third kappa shape index (κ3) is 6.03. The summed E-state index contributed by atoms with van der Waals surface area (Å²) in [4.78, 5) is 7.72. The molecule has 0 amide bonds. The molecule has 4 heterocycles. The van der Waals surface area contributed by atoms with Crippen molar-refractivity contribution in [3.05, 3.63) is 77.0 Å². The van der Waals surface area contributed by atoms with Crippen molar-refractivity contribution in [2.75, 3.05) is 43.1 Å². The number of nitrogens with zero attached hydrogens (tertiary/aromatic N) is 3. The number of allylic oxidation sites excluding steroid dienone is 1. The van der Waals surface area contributed by atoms with Crippen LogP contribution in [0.25, 0.3) is 0 Å². The maximum atomic E-state index is 14.9. The first-order valence-electron chi connectivity index (χ1n) is 12.8. The van der Waals surface area contributed by atoms with Crippen molar-refractivity contribution in [1.29, 1.82) is 0 Å². The highest BCUT2D eigenvalue weighted by atomic mass is 19.4. The van der Waals surface area contributed by atoms with Gasteiger partial charge in [-0.3, -0.25) is 10.2 Å². The number of alkyl halides is 3. The molecule has 1 aromatic heterocycles. The van der Waals surface area contributed by atoms with Gasteiger partial charge in [0.2, 0.25) is 0 Å². The van der Waals surface area contributed by atoms with Gasteiger partial charge in [0.25, 0.3) is 0 Å². The van der Waals surface area contributed by atoms with Crippen molar-refractivity contribution in [3.8, 4) is 0 Å². The summed E-state index contributed by atoms with van der Waals surface area (Å²) in [5, 5.41) is 20.6. The van der Waals surface area contributed by atoms with Crippen LogP contribution in [0.2, 0.25) is 0 Å². The van der Waals surface area contributed by atoms with Gasteiger partial charge in [0.05, 0.1) is 24.4 Å². The molecule has 1 aromatic carbocycles. The molecule has 39 heavy (non-hydrogen) atoms. The van der Waals surface area contributed by atoms with Crippen LogP contribution in [-0.4, -0.2) is 60.3 Å². The van der Waals surface area contributed by atoms with Gasteiger partial charge in [-0.2, -0.15) is 13.2 Å². The molecule has 8 nitrogen and oxygen atoms in total. The maximum Gasteiger partial charge on any atom is 0.419 e. The Labute approximate surface area is 224 Å². The molecular formula is C27H32F4N6O2. The third-order valence-electron chi connectivity index (χ3n) is 7.07. The van der Waals surface area contributed by atoms with E-state index < -0.39 is 29.3 Å². The second-order valence-electron chi connectivity index (χ2n) is 10.3. The van der Waals surface area contributed by atoms with Crippen LogP contribution in [-0.2, 0) is 16.5 Å². The highest BCUT2D eigenvalue weighted by Gasteiger charge is 2.37. The molecule has 0 aliphatic carbocycles. The van der Waals surface area contributed by atoms with Gasteiger partial charge in [-0.25, -0.2) is 9.37 Å². The molecule has 4 N–H and O–H groups in total. The number of ether oxygens (including phenoxy) is 1. The molecule has 5 rings (SSSR count). The number of morpholine rings is 1. The lowest BCUT2D eigenvalue weighted by Crippen LogP contribution is -2.64. The molecule has 1 saturated heterocycles. The van der Waals surface area contributed by atoms with Crippen LogP contribution in [0.4, 0.5) is 29.1 Å². The first-order chi connectivity index (χ1) is 18.5. The summed E-state index contributed by atoms with van der Waals surface area (Å²) < 4.78 is 61.4. The number of aliphatic hydroxyl groups is 1. The first kappa shape index (κ1) is 27.4. The number of aromatic nitrogens is 1. The quantitative estimate of drug-likeness (QED) is 0.422. The van der Waals surface area contributed by atoms with Crippen molar-refractivity contribution >= 4 is 11.5 Å². The van der Waals surface area contributed by atoms with Crippen LogP contribution in [0, 0.1) is 5.82 Å². The van der Waals surface area contributed by atoms with Gasteiger partial charge < -0.3 is 25.4 Å². The van der Waals surface area contributed by atoms with E-state index in [2.05, 4.69) is 25.8 Å². The third-order valence-corrected chi connectivity index (χ3v) is 7.07. The Morgan fingerprint density at radius 2 is 1.87 bits per heavy atom. The highest BCUT2D eigenvalue weighted by Crippen LogP contribution is 2.36. The summed E-state index contributed by atoms with van der Waals surface area (Å²) in [6.07, 6.45) is -0.141. The minimum absolute atomic E-state index is 0.160. The number of nitrogens with one attached hydrogen (secondary N) is 3. The summed E-state index contributed by atoms with van der Waals surface area (Å²) >= 11 is 0. The number of pyridine rings is 1. The van der Waals surface area contributed by atoms with Crippen LogP contribution in [0.5, 0.6) is 0 Å². The molecule has 2 atom stereocenters. The van der Waals surface area contributed by atoms with E-state index in [4.69, 9.17) is 4.74 Å². The molecule has 2 unspecified atom stereocenters. The van der Waals surface area contributed by atoms with Gasteiger partial charge in [0, 0.05) is 49.0 Å². The Morgan fingerprint density at radius 3 is 2.56 bits per heavy atom. The lowest BCUT2D eigenvalue weighted by molar-refractivity contribution is -0.137. The minimum atomic E-state index is -4.54. The highest BCUT2D eigenvalue weighted by molar-refractivity contribution is 5.54. The van der Waals surface area contributed by atoms with E-state index in [-0.39, 0.29) is 24.2 Å². The molecule has 3 aliphatic heterocycles. The zero-order chi connectivity index (χ0) is 27.8. The fourth-order valence-corrected chi connectivity index (χ4v) is 5.06. The summed E-state index contributed by atoms with van der Waals surface area (Å²) in [7, 11) is 0. The van der Waals surface area contributed by atoms with Crippen LogP contribution in [0.15, 0.2) is 60.1 Å². The summed E-state index contributed by atoms with van der Waals surface area (Å²) in [5.74, 6) is -0.699. The van der Waals surface area contributed by atoms with Crippen molar-refractivity contribution in [3.63, 3.8) is 0 Å². The lowest BCUT2D eigenvalue weighted by Gasteiger charge is -2.42. The molecule has 1 fully saturated rings. The Balaban J connectivity index is 1.44. The number of halogens is 4. The molecule has 0 bridgehead atoms. The van der Waals surface area contributed by atoms with Gasteiger partial charge in [-0.15, -0.1) is 0 Å². The van der Waals surface area contributed by atoms with Gasteiger partial charge in [-0.1, -0.05) is 6.07 Å². The number of hydrogen-bond donors (Lipinski definition) is 4. The Bertz CT molecular complexity index is 1250. The molecular weight excluding hydrogens is 516 g/mol. The van der Waals surface area contributed by atoms with Gasteiger partial charge in [0.1, 0.15) is 24.1 Å². The zero-order valence-electron chi connectivity index (χ0n) is 21.7. The normalized spacial score (nSPS) is 22.8. The van der Waals surface area contributed by atoms with Crippen LogP contribution in [0.1, 0.15) is 31.4 Å². The predicted molar refractivity (Wildman–Crippen MR) is 139 cm³/mol. The average molecular weight is 549 g/mol. The standard InChI is InChI=1S/C27H32F4N6O2/c1-26(2,38)19-6-5-17(16-21(19)28)33-23-18-7-10-36(24-20(27(29,30)31)4-3-9-32-24)11-8-22(18)34-25(35-23)37-12-14-39-15-13-37/h3-6,8-9,11,16,23,25,33-35,38H,7,10,12-15H2,1-2H3. The van der Waals surface area contributed by atoms with E-state index in [1.54, 1.807) is 24.4 Å². The SMILES string of the molecule is CC(C)(O)c1ccc(NC2NC(N3CCOCC3)NC3=C2CCN(c2ncccc2C(F)(F)F)C=C3)cc1F. The second kappa shape index (κ2) is 10.8. The van der Waals surface area contributed by atoms with Crippen LogP contribution in [0.3, 0.4) is 0 Å². The van der Waals surface area contributed by atoms with Gasteiger partial charge in [0.15, 0.2) is 0 Å². The Morgan fingerprint density at radius 1 is 1.10 bits per heavy atom. The molecule has 2 aromatic rings. The van der Waals surface area contributed by atoms with Crippen molar-refractivity contribution < 1.29 is 27.4 Å². The molecule has 0 spiro atoms. The number of hydrogen-bond acceptors (Lipinski definition) is 8. The summed E-state index contributed by atoms with van der Waals surface area (Å²) in [5.41, 5.74) is 0.202. The predicted octanol–water partition coefficient (Wildman–Crippen LogP) is 3.69. The smallest absolute Gasteiger partial charge is 0.386 e. The zero-order valence-corrected chi connectivity index (χ0v) is 21.7. The topological polar surface area (TPSA) is 84.9 Å². The lowest BCUT2D eigenvalue weighted by atomic mass is 9.97.